The third kappa shape index (κ3) is 3.70. The Morgan fingerprint density at radius 1 is 1.00 bits per heavy atom. The van der Waals surface area contributed by atoms with E-state index in [9.17, 15) is 9.59 Å². The number of carbonyl (C=O) groups is 2. The topological polar surface area (TPSA) is 74.0 Å². The van der Waals surface area contributed by atoms with E-state index < -0.39 is 11.8 Å². The number of nitrogens with one attached hydrogen (secondary N) is 3. The summed E-state index contributed by atoms with van der Waals surface area (Å²) in [5.41, 5.74) is 2.32. The number of anilines is 1. The van der Waals surface area contributed by atoms with Crippen molar-refractivity contribution < 1.29 is 9.59 Å². The van der Waals surface area contributed by atoms with Gasteiger partial charge in [0.05, 0.1) is 0 Å². The first-order chi connectivity index (χ1) is 11.1. The van der Waals surface area contributed by atoms with Crippen LogP contribution in [-0.4, -0.2) is 16.8 Å². The number of H-pyrrole nitrogens is 1. The molecule has 0 radical (unpaired) electrons. The zero-order valence-electron chi connectivity index (χ0n) is 12.1. The highest BCUT2D eigenvalue weighted by Gasteiger charge is 2.13. The average Bonchev–Trinajstić information content (AvgIpc) is 3.01. The van der Waals surface area contributed by atoms with Gasteiger partial charge in [0.1, 0.15) is 0 Å². The first-order valence-corrected chi connectivity index (χ1v) is 7.40. The Morgan fingerprint density at radius 2 is 1.78 bits per heavy atom. The summed E-state index contributed by atoms with van der Waals surface area (Å²) in [6.07, 6.45) is 1.81. The Kier molecular flexibility index (Phi) is 4.30. The van der Waals surface area contributed by atoms with Gasteiger partial charge in [0, 0.05) is 29.0 Å². The molecule has 23 heavy (non-hydrogen) atoms. The summed E-state index contributed by atoms with van der Waals surface area (Å²) < 4.78 is 0. The largest absolute Gasteiger partial charge is 0.361 e. The zero-order chi connectivity index (χ0) is 16.2. The van der Waals surface area contributed by atoms with E-state index in [4.69, 9.17) is 11.6 Å². The number of hydrogen-bond donors (Lipinski definition) is 3. The van der Waals surface area contributed by atoms with E-state index in [0.29, 0.717) is 10.7 Å². The number of halogens is 1. The molecule has 0 spiro atoms. The average molecular weight is 328 g/mol. The molecule has 0 aliphatic heterocycles. The van der Waals surface area contributed by atoms with Gasteiger partial charge in [-0.2, -0.15) is 0 Å². The van der Waals surface area contributed by atoms with E-state index in [0.717, 1.165) is 16.5 Å². The van der Waals surface area contributed by atoms with Crippen LogP contribution in [-0.2, 0) is 16.1 Å². The minimum atomic E-state index is -0.704. The van der Waals surface area contributed by atoms with Crippen LogP contribution in [0.2, 0.25) is 5.02 Å². The fourth-order valence-electron chi connectivity index (χ4n) is 2.18. The number of aromatic amines is 1. The molecule has 1 heterocycles. The lowest BCUT2D eigenvalue weighted by Crippen LogP contribution is -2.34. The van der Waals surface area contributed by atoms with Crippen molar-refractivity contribution in [2.75, 3.05) is 5.32 Å². The normalized spacial score (nSPS) is 10.5. The Labute approximate surface area is 137 Å². The first-order valence-electron chi connectivity index (χ1n) is 7.02. The number of fused-ring (bicyclic) bond motifs is 1. The lowest BCUT2D eigenvalue weighted by molar-refractivity contribution is -0.136. The predicted molar refractivity (Wildman–Crippen MR) is 90.2 cm³/mol. The molecule has 0 aliphatic rings. The van der Waals surface area contributed by atoms with Crippen LogP contribution in [0.3, 0.4) is 0 Å². The highest BCUT2D eigenvalue weighted by Crippen LogP contribution is 2.17. The van der Waals surface area contributed by atoms with Gasteiger partial charge >= 0.3 is 11.8 Å². The van der Waals surface area contributed by atoms with Crippen molar-refractivity contribution in [3.63, 3.8) is 0 Å². The van der Waals surface area contributed by atoms with Gasteiger partial charge in [-0.25, -0.2) is 0 Å². The van der Waals surface area contributed by atoms with Crippen molar-refractivity contribution in [1.29, 1.82) is 0 Å². The standard InChI is InChI=1S/C17H14ClN3O2/c18-13-4-1-11(2-5-13)10-20-16(22)17(23)21-14-6-3-12-7-8-19-15(12)9-14/h1-9,19H,10H2,(H,20,22)(H,21,23). The Balaban J connectivity index is 1.58. The molecule has 6 heteroatoms. The van der Waals surface area contributed by atoms with Crippen LogP contribution in [0.25, 0.3) is 10.9 Å². The van der Waals surface area contributed by atoms with Crippen molar-refractivity contribution in [3.8, 4) is 0 Å². The van der Waals surface area contributed by atoms with E-state index in [1.54, 1.807) is 36.4 Å². The monoisotopic (exact) mass is 327 g/mol. The van der Waals surface area contributed by atoms with Crippen LogP contribution in [0, 0.1) is 0 Å². The minimum Gasteiger partial charge on any atom is -0.361 e. The van der Waals surface area contributed by atoms with Gasteiger partial charge in [-0.05, 0) is 41.3 Å². The second-order valence-corrected chi connectivity index (χ2v) is 5.48. The maximum atomic E-state index is 11.9. The van der Waals surface area contributed by atoms with Crippen LogP contribution >= 0.6 is 11.6 Å². The fraction of sp³-hybridized carbons (Fsp3) is 0.0588. The summed E-state index contributed by atoms with van der Waals surface area (Å²) in [4.78, 5) is 26.8. The molecule has 0 saturated carbocycles. The highest BCUT2D eigenvalue weighted by atomic mass is 35.5. The van der Waals surface area contributed by atoms with Crippen molar-refractivity contribution >= 4 is 40.0 Å². The van der Waals surface area contributed by atoms with E-state index in [1.807, 2.05) is 18.3 Å². The maximum Gasteiger partial charge on any atom is 0.313 e. The van der Waals surface area contributed by atoms with Gasteiger partial charge in [-0.15, -0.1) is 0 Å². The molecular weight excluding hydrogens is 314 g/mol. The fourth-order valence-corrected chi connectivity index (χ4v) is 2.30. The molecule has 0 atom stereocenters. The lowest BCUT2D eigenvalue weighted by atomic mass is 10.2. The van der Waals surface area contributed by atoms with E-state index in [1.165, 1.54) is 0 Å². The van der Waals surface area contributed by atoms with Crippen LogP contribution in [0.15, 0.2) is 54.7 Å². The van der Waals surface area contributed by atoms with Crippen LogP contribution in [0.5, 0.6) is 0 Å². The van der Waals surface area contributed by atoms with E-state index in [2.05, 4.69) is 15.6 Å². The van der Waals surface area contributed by atoms with Gasteiger partial charge in [0.25, 0.3) is 0 Å². The zero-order valence-corrected chi connectivity index (χ0v) is 12.9. The Bertz CT molecular complexity index is 856. The summed E-state index contributed by atoms with van der Waals surface area (Å²) in [6, 6.07) is 14.4. The van der Waals surface area contributed by atoms with Crippen molar-refractivity contribution in [2.45, 2.75) is 6.54 Å². The molecule has 1 aromatic heterocycles. The van der Waals surface area contributed by atoms with Crippen molar-refractivity contribution in [1.82, 2.24) is 10.3 Å². The third-order valence-electron chi connectivity index (χ3n) is 3.39. The number of rotatable bonds is 3. The number of hydrogen-bond acceptors (Lipinski definition) is 2. The third-order valence-corrected chi connectivity index (χ3v) is 3.64. The smallest absolute Gasteiger partial charge is 0.313 e. The summed E-state index contributed by atoms with van der Waals surface area (Å²) >= 11 is 5.79. The number of carbonyl (C=O) groups excluding carboxylic acids is 2. The molecule has 3 rings (SSSR count). The van der Waals surface area contributed by atoms with Gasteiger partial charge in [0.2, 0.25) is 0 Å². The van der Waals surface area contributed by atoms with Crippen LogP contribution < -0.4 is 10.6 Å². The number of amides is 2. The van der Waals surface area contributed by atoms with E-state index in [-0.39, 0.29) is 6.54 Å². The number of aromatic nitrogens is 1. The molecule has 0 fully saturated rings. The molecular formula is C17H14ClN3O2. The Morgan fingerprint density at radius 3 is 2.57 bits per heavy atom. The molecule has 0 saturated heterocycles. The van der Waals surface area contributed by atoms with Crippen molar-refractivity contribution in [3.05, 3.63) is 65.3 Å². The van der Waals surface area contributed by atoms with Crippen LogP contribution in [0.4, 0.5) is 5.69 Å². The summed E-state index contributed by atoms with van der Waals surface area (Å²) in [5.74, 6) is -1.39. The lowest BCUT2D eigenvalue weighted by Gasteiger charge is -2.07. The Hall–Kier alpha value is -2.79. The molecule has 2 amide bonds. The first kappa shape index (κ1) is 15.1. The molecule has 0 bridgehead atoms. The molecule has 2 aromatic carbocycles. The highest BCUT2D eigenvalue weighted by molar-refractivity contribution is 6.39. The van der Waals surface area contributed by atoms with E-state index >= 15 is 0 Å². The molecule has 5 nitrogen and oxygen atoms in total. The van der Waals surface area contributed by atoms with Gasteiger partial charge in [-0.1, -0.05) is 29.8 Å². The predicted octanol–water partition coefficient (Wildman–Crippen LogP) is 3.08. The molecule has 3 N–H and O–H groups in total. The summed E-state index contributed by atoms with van der Waals surface area (Å²) in [6.45, 7) is 0.263. The second kappa shape index (κ2) is 6.54. The maximum absolute atomic E-state index is 11.9. The molecule has 3 aromatic rings. The SMILES string of the molecule is O=C(NCc1ccc(Cl)cc1)C(=O)Nc1ccc2cc[nH]c2c1. The second-order valence-electron chi connectivity index (χ2n) is 5.04. The van der Waals surface area contributed by atoms with Crippen molar-refractivity contribution in [2.24, 2.45) is 0 Å². The molecule has 0 aliphatic carbocycles. The summed E-state index contributed by atoms with van der Waals surface area (Å²) in [7, 11) is 0. The number of benzene rings is 2. The van der Waals surface area contributed by atoms with Gasteiger partial charge in [-0.3, -0.25) is 9.59 Å². The van der Waals surface area contributed by atoms with Gasteiger partial charge in [0.15, 0.2) is 0 Å². The molecule has 0 unspecified atom stereocenters. The minimum absolute atomic E-state index is 0.263. The molecule has 116 valence electrons. The quantitative estimate of drug-likeness (QED) is 0.647. The van der Waals surface area contributed by atoms with Gasteiger partial charge < -0.3 is 15.6 Å². The van der Waals surface area contributed by atoms with Crippen LogP contribution in [0.1, 0.15) is 5.56 Å². The summed E-state index contributed by atoms with van der Waals surface area (Å²) in [5, 5.41) is 6.81.